The van der Waals surface area contributed by atoms with E-state index in [-0.39, 0.29) is 0 Å². The van der Waals surface area contributed by atoms with Gasteiger partial charge >= 0.3 is 0 Å². The molecule has 0 spiro atoms. The Morgan fingerprint density at radius 3 is 2.70 bits per heavy atom. The zero-order valence-corrected chi connectivity index (χ0v) is 7.58. The van der Waals surface area contributed by atoms with E-state index in [0.717, 1.165) is 6.04 Å². The fourth-order valence-electron chi connectivity index (χ4n) is 1.00. The maximum absolute atomic E-state index is 3.27. The normalized spacial score (nSPS) is 19.5. The Balaban J connectivity index is 2.02. The van der Waals surface area contributed by atoms with E-state index in [9.17, 15) is 0 Å². The lowest BCUT2D eigenvalue weighted by atomic mass is 10.1. The number of nitrogens with one attached hydrogen (secondary N) is 1. The summed E-state index contributed by atoms with van der Waals surface area (Å²) >= 11 is 1.92. The molecule has 2 nitrogen and oxygen atoms in total. The SMILES string of the molecule is CSCCN(C)C1CNC1. The standard InChI is InChI=1S/C7H16N2S/c1-9(3-4-10-2)7-5-8-6-7/h7-8H,3-6H2,1-2H3. The maximum atomic E-state index is 3.27. The molecule has 0 aromatic heterocycles. The third-order valence-electron chi connectivity index (χ3n) is 2.03. The summed E-state index contributed by atoms with van der Waals surface area (Å²) in [7, 11) is 2.21. The Kier molecular flexibility index (Phi) is 3.52. The van der Waals surface area contributed by atoms with Crippen molar-refractivity contribution in [1.82, 2.24) is 10.2 Å². The van der Waals surface area contributed by atoms with E-state index >= 15 is 0 Å². The Hall–Kier alpha value is 0.270. The molecule has 1 aliphatic rings. The molecule has 0 amide bonds. The zero-order chi connectivity index (χ0) is 7.40. The second-order valence-corrected chi connectivity index (χ2v) is 3.77. The highest BCUT2D eigenvalue weighted by atomic mass is 32.2. The van der Waals surface area contributed by atoms with Crippen LogP contribution in [0.25, 0.3) is 0 Å². The first-order chi connectivity index (χ1) is 4.84. The highest BCUT2D eigenvalue weighted by Gasteiger charge is 2.20. The summed E-state index contributed by atoms with van der Waals surface area (Å²) in [6, 6.07) is 0.812. The van der Waals surface area contributed by atoms with Gasteiger partial charge in [0.25, 0.3) is 0 Å². The minimum Gasteiger partial charge on any atom is -0.314 e. The molecule has 60 valence electrons. The van der Waals surface area contributed by atoms with Crippen LogP contribution in [0.5, 0.6) is 0 Å². The molecule has 10 heavy (non-hydrogen) atoms. The molecule has 0 bridgehead atoms. The van der Waals surface area contributed by atoms with E-state index in [2.05, 4.69) is 23.5 Å². The van der Waals surface area contributed by atoms with Crippen molar-refractivity contribution in [3.8, 4) is 0 Å². The van der Waals surface area contributed by atoms with Gasteiger partial charge in [-0.3, -0.25) is 0 Å². The van der Waals surface area contributed by atoms with E-state index in [1.807, 2.05) is 11.8 Å². The third kappa shape index (κ3) is 2.15. The van der Waals surface area contributed by atoms with Crippen LogP contribution in [0.4, 0.5) is 0 Å². The van der Waals surface area contributed by atoms with Crippen LogP contribution in [0.15, 0.2) is 0 Å². The Morgan fingerprint density at radius 1 is 1.60 bits per heavy atom. The van der Waals surface area contributed by atoms with Crippen molar-refractivity contribution < 1.29 is 0 Å². The van der Waals surface area contributed by atoms with Gasteiger partial charge in [-0.2, -0.15) is 11.8 Å². The first kappa shape index (κ1) is 8.37. The molecule has 0 atom stereocenters. The zero-order valence-electron chi connectivity index (χ0n) is 6.76. The van der Waals surface area contributed by atoms with E-state index in [0.29, 0.717) is 0 Å². The van der Waals surface area contributed by atoms with Gasteiger partial charge in [0.2, 0.25) is 0 Å². The number of nitrogens with zero attached hydrogens (tertiary/aromatic N) is 1. The van der Waals surface area contributed by atoms with Crippen molar-refractivity contribution in [3.05, 3.63) is 0 Å². The lowest BCUT2D eigenvalue weighted by Crippen LogP contribution is -2.56. The van der Waals surface area contributed by atoms with E-state index in [1.165, 1.54) is 25.4 Å². The van der Waals surface area contributed by atoms with Crippen LogP contribution in [0.3, 0.4) is 0 Å². The van der Waals surface area contributed by atoms with Gasteiger partial charge in [-0.15, -0.1) is 0 Å². The Bertz CT molecular complexity index is 93.6. The summed E-state index contributed by atoms with van der Waals surface area (Å²) in [5, 5.41) is 3.27. The first-order valence-corrected chi connectivity index (χ1v) is 5.14. The van der Waals surface area contributed by atoms with Gasteiger partial charge in [0, 0.05) is 31.4 Å². The molecular formula is C7H16N2S. The van der Waals surface area contributed by atoms with Gasteiger partial charge in [0.1, 0.15) is 0 Å². The van der Waals surface area contributed by atoms with Gasteiger partial charge in [0.15, 0.2) is 0 Å². The third-order valence-corrected chi connectivity index (χ3v) is 2.62. The highest BCUT2D eigenvalue weighted by Crippen LogP contribution is 2.02. The smallest absolute Gasteiger partial charge is 0.0342 e. The van der Waals surface area contributed by atoms with Gasteiger partial charge in [-0.05, 0) is 13.3 Å². The van der Waals surface area contributed by atoms with Gasteiger partial charge < -0.3 is 10.2 Å². The molecule has 1 rings (SSSR count). The lowest BCUT2D eigenvalue weighted by molar-refractivity contribution is 0.190. The van der Waals surface area contributed by atoms with Crippen LogP contribution in [0.1, 0.15) is 0 Å². The van der Waals surface area contributed by atoms with Crippen LogP contribution in [-0.4, -0.2) is 49.6 Å². The van der Waals surface area contributed by atoms with E-state index < -0.39 is 0 Å². The quantitative estimate of drug-likeness (QED) is 0.635. The van der Waals surface area contributed by atoms with Crippen LogP contribution in [-0.2, 0) is 0 Å². The van der Waals surface area contributed by atoms with Crippen molar-refractivity contribution in [3.63, 3.8) is 0 Å². The molecule has 0 saturated carbocycles. The summed E-state index contributed by atoms with van der Waals surface area (Å²) in [6.45, 7) is 3.60. The number of thioether (sulfide) groups is 1. The van der Waals surface area contributed by atoms with Crippen LogP contribution >= 0.6 is 11.8 Å². The summed E-state index contributed by atoms with van der Waals surface area (Å²) in [5.41, 5.74) is 0. The van der Waals surface area contributed by atoms with Crippen LogP contribution < -0.4 is 5.32 Å². The average molecular weight is 160 g/mol. The highest BCUT2D eigenvalue weighted by molar-refractivity contribution is 7.98. The summed E-state index contributed by atoms with van der Waals surface area (Å²) < 4.78 is 0. The molecular weight excluding hydrogens is 144 g/mol. The van der Waals surface area contributed by atoms with Gasteiger partial charge in [0.05, 0.1) is 0 Å². The molecule has 0 unspecified atom stereocenters. The van der Waals surface area contributed by atoms with E-state index in [4.69, 9.17) is 0 Å². The molecule has 0 aromatic carbocycles. The topological polar surface area (TPSA) is 15.3 Å². The minimum atomic E-state index is 0.812. The fourth-order valence-corrected chi connectivity index (χ4v) is 1.47. The summed E-state index contributed by atoms with van der Waals surface area (Å²) in [6.07, 6.45) is 2.16. The van der Waals surface area contributed by atoms with Crippen molar-refractivity contribution in [1.29, 1.82) is 0 Å². The minimum absolute atomic E-state index is 0.812. The lowest BCUT2D eigenvalue weighted by Gasteiger charge is -2.35. The van der Waals surface area contributed by atoms with Crippen molar-refractivity contribution in [2.45, 2.75) is 6.04 Å². The van der Waals surface area contributed by atoms with Crippen LogP contribution in [0, 0.1) is 0 Å². The molecule has 0 radical (unpaired) electrons. The second kappa shape index (κ2) is 4.21. The van der Waals surface area contributed by atoms with Crippen LogP contribution in [0.2, 0.25) is 0 Å². The number of hydrogen-bond acceptors (Lipinski definition) is 3. The van der Waals surface area contributed by atoms with Crippen molar-refractivity contribution >= 4 is 11.8 Å². The average Bonchev–Trinajstić information content (AvgIpc) is 1.79. The molecule has 0 aromatic rings. The molecule has 1 aliphatic heterocycles. The van der Waals surface area contributed by atoms with Crippen molar-refractivity contribution in [2.75, 3.05) is 38.7 Å². The maximum Gasteiger partial charge on any atom is 0.0342 e. The molecule has 3 heteroatoms. The second-order valence-electron chi connectivity index (χ2n) is 2.79. The number of rotatable bonds is 4. The van der Waals surface area contributed by atoms with Gasteiger partial charge in [-0.25, -0.2) is 0 Å². The predicted octanol–water partition coefficient (Wildman–Crippen LogP) is 0.253. The monoisotopic (exact) mass is 160 g/mol. The van der Waals surface area contributed by atoms with Crippen molar-refractivity contribution in [2.24, 2.45) is 0 Å². The van der Waals surface area contributed by atoms with Gasteiger partial charge in [-0.1, -0.05) is 0 Å². The molecule has 1 heterocycles. The van der Waals surface area contributed by atoms with E-state index in [1.54, 1.807) is 0 Å². The molecule has 0 aliphatic carbocycles. The number of likely N-dealkylation sites (N-methyl/N-ethyl adjacent to an activating group) is 1. The summed E-state index contributed by atoms with van der Waals surface area (Å²) in [5.74, 6) is 1.26. The molecule has 1 saturated heterocycles. The molecule has 1 N–H and O–H groups in total. The Morgan fingerprint density at radius 2 is 2.30 bits per heavy atom. The fraction of sp³-hybridized carbons (Fsp3) is 1.00. The molecule has 1 fully saturated rings. The largest absolute Gasteiger partial charge is 0.314 e. The number of hydrogen-bond donors (Lipinski definition) is 1. The predicted molar refractivity (Wildman–Crippen MR) is 47.7 cm³/mol. The first-order valence-electron chi connectivity index (χ1n) is 3.74. The summed E-state index contributed by atoms with van der Waals surface area (Å²) in [4.78, 5) is 2.44. The Labute approximate surface area is 67.4 Å².